The van der Waals surface area contributed by atoms with Crippen LogP contribution in [0.15, 0.2) is 30.3 Å². The largest absolute Gasteiger partial charge is 0.347 e. The van der Waals surface area contributed by atoms with E-state index in [1.54, 1.807) is 4.90 Å². The lowest BCUT2D eigenvalue weighted by molar-refractivity contribution is -0.135. The zero-order chi connectivity index (χ0) is 13.0. The minimum Gasteiger partial charge on any atom is -0.347 e. The summed E-state index contributed by atoms with van der Waals surface area (Å²) in [7, 11) is 3.64. The Balaban J connectivity index is 0.00000180. The Hall–Kier alpha value is -0.810. The van der Waals surface area contributed by atoms with Crippen LogP contribution in [0, 0.1) is 0 Å². The lowest BCUT2D eigenvalue weighted by atomic mass is 10.0. The summed E-state index contributed by atoms with van der Waals surface area (Å²) in [5, 5.41) is 3.32. The summed E-state index contributed by atoms with van der Waals surface area (Å²) in [6.07, 6.45) is 0. The number of piperazine rings is 1. The van der Waals surface area contributed by atoms with Gasteiger partial charge in [-0.2, -0.15) is 0 Å². The molecule has 20 heavy (non-hydrogen) atoms. The first-order valence-electron chi connectivity index (χ1n) is 6.41. The fourth-order valence-electron chi connectivity index (χ4n) is 2.33. The van der Waals surface area contributed by atoms with E-state index in [4.69, 9.17) is 0 Å². The average molecular weight is 320 g/mol. The molecule has 0 saturated carbocycles. The summed E-state index contributed by atoms with van der Waals surface area (Å²) >= 11 is 0. The standard InChI is InChI=1S/C14H21N3O.2ClH/c1-16(2)14(18)13(12-6-4-3-5-7-12)17-10-8-15-9-11-17;;/h3-7,13,15H,8-11H2,1-2H3;2*1H. The molecule has 1 N–H and O–H groups in total. The Labute approximate surface area is 133 Å². The Kier molecular flexibility index (Phi) is 8.81. The highest BCUT2D eigenvalue weighted by molar-refractivity contribution is 5.85. The number of halogens is 2. The van der Waals surface area contributed by atoms with Crippen molar-refractivity contribution in [1.29, 1.82) is 0 Å². The highest BCUT2D eigenvalue weighted by Gasteiger charge is 2.29. The summed E-state index contributed by atoms with van der Waals surface area (Å²) in [6, 6.07) is 9.89. The molecule has 114 valence electrons. The predicted octanol–water partition coefficient (Wildman–Crippen LogP) is 1.56. The molecule has 1 amide bonds. The molecule has 4 nitrogen and oxygen atoms in total. The van der Waals surface area contributed by atoms with Crippen LogP contribution < -0.4 is 5.32 Å². The maximum absolute atomic E-state index is 12.4. The first kappa shape index (κ1) is 19.2. The van der Waals surface area contributed by atoms with E-state index in [9.17, 15) is 4.79 Å². The molecule has 1 heterocycles. The number of carbonyl (C=O) groups excluding carboxylic acids is 1. The van der Waals surface area contributed by atoms with E-state index in [0.717, 1.165) is 31.7 Å². The van der Waals surface area contributed by atoms with E-state index >= 15 is 0 Å². The molecule has 1 fully saturated rings. The molecule has 0 bridgehead atoms. The number of nitrogens with zero attached hydrogens (tertiary/aromatic N) is 2. The molecule has 1 unspecified atom stereocenters. The van der Waals surface area contributed by atoms with E-state index < -0.39 is 0 Å². The first-order chi connectivity index (χ1) is 8.70. The molecular weight excluding hydrogens is 297 g/mol. The summed E-state index contributed by atoms with van der Waals surface area (Å²) in [4.78, 5) is 16.3. The zero-order valence-corrected chi connectivity index (χ0v) is 13.5. The summed E-state index contributed by atoms with van der Waals surface area (Å²) in [6.45, 7) is 3.73. The number of likely N-dealkylation sites (N-methyl/N-ethyl adjacent to an activating group) is 1. The average Bonchev–Trinajstić information content (AvgIpc) is 2.41. The fraction of sp³-hybridized carbons (Fsp3) is 0.500. The Morgan fingerprint density at radius 3 is 2.20 bits per heavy atom. The number of nitrogens with one attached hydrogen (secondary N) is 1. The number of hydrogen-bond acceptors (Lipinski definition) is 3. The van der Waals surface area contributed by atoms with Gasteiger partial charge < -0.3 is 10.2 Å². The van der Waals surface area contributed by atoms with Crippen LogP contribution in [0.5, 0.6) is 0 Å². The first-order valence-corrected chi connectivity index (χ1v) is 6.41. The molecule has 1 aliphatic heterocycles. The number of benzene rings is 1. The fourth-order valence-corrected chi connectivity index (χ4v) is 2.33. The Morgan fingerprint density at radius 1 is 1.15 bits per heavy atom. The van der Waals surface area contributed by atoms with Crippen LogP contribution in [-0.2, 0) is 4.79 Å². The summed E-state index contributed by atoms with van der Waals surface area (Å²) in [5.41, 5.74) is 1.08. The molecule has 1 aromatic rings. The number of amides is 1. The Bertz CT molecular complexity index is 395. The SMILES string of the molecule is CN(C)C(=O)C(c1ccccc1)N1CCNCC1.Cl.Cl. The zero-order valence-electron chi connectivity index (χ0n) is 11.9. The van der Waals surface area contributed by atoms with Gasteiger partial charge in [0.2, 0.25) is 5.91 Å². The smallest absolute Gasteiger partial charge is 0.244 e. The van der Waals surface area contributed by atoms with Crippen molar-refractivity contribution in [2.24, 2.45) is 0 Å². The predicted molar refractivity (Wildman–Crippen MR) is 86.8 cm³/mol. The minimum absolute atomic E-state index is 0. The lowest BCUT2D eigenvalue weighted by Gasteiger charge is -2.35. The highest BCUT2D eigenvalue weighted by Crippen LogP contribution is 2.22. The van der Waals surface area contributed by atoms with E-state index in [1.807, 2.05) is 44.4 Å². The lowest BCUT2D eigenvalue weighted by Crippen LogP contribution is -2.49. The van der Waals surface area contributed by atoms with Crippen LogP contribution in [0.1, 0.15) is 11.6 Å². The molecule has 1 saturated heterocycles. The Morgan fingerprint density at radius 2 is 1.70 bits per heavy atom. The molecule has 1 aromatic carbocycles. The van der Waals surface area contributed by atoms with Crippen molar-refractivity contribution in [3.63, 3.8) is 0 Å². The third kappa shape index (κ3) is 4.63. The van der Waals surface area contributed by atoms with Crippen molar-refractivity contribution in [2.75, 3.05) is 40.3 Å². The topological polar surface area (TPSA) is 35.6 Å². The van der Waals surface area contributed by atoms with Gasteiger partial charge in [-0.1, -0.05) is 30.3 Å². The maximum atomic E-state index is 12.4. The van der Waals surface area contributed by atoms with Gasteiger partial charge in [0.25, 0.3) is 0 Å². The van der Waals surface area contributed by atoms with Gasteiger partial charge in [-0.25, -0.2) is 0 Å². The molecule has 0 radical (unpaired) electrons. The van der Waals surface area contributed by atoms with Crippen LogP contribution in [0.25, 0.3) is 0 Å². The van der Waals surface area contributed by atoms with Gasteiger partial charge >= 0.3 is 0 Å². The van der Waals surface area contributed by atoms with Gasteiger partial charge in [0.05, 0.1) is 0 Å². The van der Waals surface area contributed by atoms with Crippen molar-refractivity contribution < 1.29 is 4.79 Å². The van der Waals surface area contributed by atoms with Crippen LogP contribution >= 0.6 is 24.8 Å². The normalized spacial score (nSPS) is 16.5. The van der Waals surface area contributed by atoms with E-state index in [2.05, 4.69) is 10.2 Å². The van der Waals surface area contributed by atoms with Crippen molar-refractivity contribution >= 4 is 30.7 Å². The monoisotopic (exact) mass is 319 g/mol. The molecular formula is C14H23Cl2N3O. The third-order valence-electron chi connectivity index (χ3n) is 3.31. The summed E-state index contributed by atoms with van der Waals surface area (Å²) < 4.78 is 0. The maximum Gasteiger partial charge on any atom is 0.244 e. The number of rotatable bonds is 3. The molecule has 0 aliphatic carbocycles. The van der Waals surface area contributed by atoms with Crippen molar-refractivity contribution in [3.8, 4) is 0 Å². The highest BCUT2D eigenvalue weighted by atomic mass is 35.5. The summed E-state index contributed by atoms with van der Waals surface area (Å²) in [5.74, 6) is 0.156. The van der Waals surface area contributed by atoms with Gasteiger partial charge in [-0.05, 0) is 5.56 Å². The second kappa shape index (κ2) is 9.19. The molecule has 1 aliphatic rings. The van der Waals surface area contributed by atoms with Gasteiger partial charge in [0.15, 0.2) is 0 Å². The number of hydrogen-bond donors (Lipinski definition) is 1. The van der Waals surface area contributed by atoms with Gasteiger partial charge in [0, 0.05) is 40.3 Å². The van der Waals surface area contributed by atoms with Crippen molar-refractivity contribution in [3.05, 3.63) is 35.9 Å². The van der Waals surface area contributed by atoms with Crippen molar-refractivity contribution in [1.82, 2.24) is 15.1 Å². The van der Waals surface area contributed by atoms with Crippen LogP contribution in [0.3, 0.4) is 0 Å². The second-order valence-electron chi connectivity index (χ2n) is 4.83. The quantitative estimate of drug-likeness (QED) is 0.918. The van der Waals surface area contributed by atoms with Crippen LogP contribution in [0.2, 0.25) is 0 Å². The van der Waals surface area contributed by atoms with Gasteiger partial charge in [0.1, 0.15) is 6.04 Å². The second-order valence-corrected chi connectivity index (χ2v) is 4.83. The van der Waals surface area contributed by atoms with Crippen LogP contribution in [-0.4, -0.2) is 56.0 Å². The molecule has 1 atom stereocenters. The minimum atomic E-state index is -0.150. The van der Waals surface area contributed by atoms with E-state index in [1.165, 1.54) is 0 Å². The van der Waals surface area contributed by atoms with Gasteiger partial charge in [-0.3, -0.25) is 9.69 Å². The third-order valence-corrected chi connectivity index (χ3v) is 3.31. The van der Waals surface area contributed by atoms with E-state index in [-0.39, 0.29) is 36.8 Å². The number of carbonyl (C=O) groups is 1. The molecule has 0 spiro atoms. The van der Waals surface area contributed by atoms with Crippen LogP contribution in [0.4, 0.5) is 0 Å². The van der Waals surface area contributed by atoms with E-state index in [0.29, 0.717) is 0 Å². The van der Waals surface area contributed by atoms with Crippen molar-refractivity contribution in [2.45, 2.75) is 6.04 Å². The molecule has 2 rings (SSSR count). The molecule has 6 heteroatoms. The molecule has 0 aromatic heterocycles. The van der Waals surface area contributed by atoms with Gasteiger partial charge in [-0.15, -0.1) is 24.8 Å².